The zero-order valence-electron chi connectivity index (χ0n) is 10.5. The summed E-state index contributed by atoms with van der Waals surface area (Å²) in [5, 5.41) is 12.5. The van der Waals surface area contributed by atoms with Gasteiger partial charge >= 0.3 is 0 Å². The van der Waals surface area contributed by atoms with Gasteiger partial charge < -0.3 is 10.4 Å². The lowest BCUT2D eigenvalue weighted by Crippen LogP contribution is -2.26. The number of halogens is 1. The van der Waals surface area contributed by atoms with E-state index in [1.807, 2.05) is 0 Å². The van der Waals surface area contributed by atoms with Gasteiger partial charge in [0, 0.05) is 6.54 Å². The third-order valence-corrected chi connectivity index (χ3v) is 4.63. The number of phenolic OH excluding ortho intramolecular Hbond substituents is 1. The van der Waals surface area contributed by atoms with Crippen LogP contribution in [0.15, 0.2) is 18.2 Å². The molecule has 0 saturated heterocycles. The first-order valence-corrected chi connectivity index (χ1v) is 6.90. The zero-order valence-corrected chi connectivity index (χ0v) is 10.5. The first-order valence-electron chi connectivity index (χ1n) is 6.90. The van der Waals surface area contributed by atoms with E-state index in [-0.39, 0.29) is 5.75 Å². The van der Waals surface area contributed by atoms with E-state index in [2.05, 4.69) is 5.32 Å². The maximum atomic E-state index is 13.2. The van der Waals surface area contributed by atoms with E-state index in [0.29, 0.717) is 6.54 Å². The summed E-state index contributed by atoms with van der Waals surface area (Å²) in [6.07, 6.45) is 5.65. The fraction of sp³-hybridized carbons (Fsp3) is 0.600. The molecule has 98 valence electrons. The van der Waals surface area contributed by atoms with E-state index in [0.717, 1.165) is 29.9 Å². The van der Waals surface area contributed by atoms with Crippen molar-refractivity contribution in [2.45, 2.75) is 32.2 Å². The highest BCUT2D eigenvalue weighted by molar-refractivity contribution is 5.27. The predicted molar refractivity (Wildman–Crippen MR) is 68.7 cm³/mol. The fourth-order valence-electron chi connectivity index (χ4n) is 3.69. The summed E-state index contributed by atoms with van der Waals surface area (Å²) in [5.74, 6) is 1.93. The minimum Gasteiger partial charge on any atom is -0.505 e. The molecule has 0 radical (unpaired) electrons. The van der Waals surface area contributed by atoms with Crippen molar-refractivity contribution in [2.75, 3.05) is 6.54 Å². The Morgan fingerprint density at radius 3 is 2.83 bits per heavy atom. The molecule has 2 saturated carbocycles. The Morgan fingerprint density at radius 2 is 2.17 bits per heavy atom. The number of nitrogens with one attached hydrogen (secondary N) is 1. The van der Waals surface area contributed by atoms with Gasteiger partial charge in [-0.15, -0.1) is 0 Å². The van der Waals surface area contributed by atoms with Gasteiger partial charge in [-0.25, -0.2) is 4.39 Å². The number of benzene rings is 1. The molecule has 0 heterocycles. The topological polar surface area (TPSA) is 32.3 Å². The highest BCUT2D eigenvalue weighted by Crippen LogP contribution is 2.47. The van der Waals surface area contributed by atoms with Crippen LogP contribution in [0.25, 0.3) is 0 Å². The van der Waals surface area contributed by atoms with Crippen LogP contribution in [-0.2, 0) is 6.54 Å². The molecule has 3 heteroatoms. The smallest absolute Gasteiger partial charge is 0.165 e. The van der Waals surface area contributed by atoms with Crippen molar-refractivity contribution < 1.29 is 9.50 Å². The largest absolute Gasteiger partial charge is 0.505 e. The molecular formula is C15H20FNO. The number of aromatic hydroxyl groups is 1. The SMILES string of the molecule is Oc1ccc(CNCC2CC3CCC2C3)cc1F. The van der Waals surface area contributed by atoms with Crippen LogP contribution in [0.4, 0.5) is 4.39 Å². The van der Waals surface area contributed by atoms with Crippen LogP contribution in [0.1, 0.15) is 31.2 Å². The molecule has 1 aromatic rings. The first kappa shape index (κ1) is 12.0. The molecule has 1 aromatic carbocycles. The fourth-order valence-corrected chi connectivity index (χ4v) is 3.69. The van der Waals surface area contributed by atoms with E-state index in [1.54, 1.807) is 6.07 Å². The van der Waals surface area contributed by atoms with Crippen LogP contribution in [0.5, 0.6) is 5.75 Å². The molecular weight excluding hydrogens is 229 g/mol. The van der Waals surface area contributed by atoms with Crippen molar-refractivity contribution >= 4 is 0 Å². The Balaban J connectivity index is 1.48. The number of hydrogen-bond acceptors (Lipinski definition) is 2. The van der Waals surface area contributed by atoms with E-state index in [9.17, 15) is 4.39 Å². The van der Waals surface area contributed by atoms with Gasteiger partial charge in [0.1, 0.15) is 0 Å². The van der Waals surface area contributed by atoms with E-state index in [4.69, 9.17) is 5.11 Å². The maximum absolute atomic E-state index is 13.2. The summed E-state index contributed by atoms with van der Waals surface area (Å²) in [4.78, 5) is 0. The standard InChI is InChI=1S/C15H20FNO/c16-14-7-11(2-4-15(14)18)8-17-9-13-6-10-1-3-12(13)5-10/h2,4,7,10,12-13,17-18H,1,3,5-6,8-9H2. The highest BCUT2D eigenvalue weighted by atomic mass is 19.1. The second-order valence-corrected chi connectivity index (χ2v) is 5.85. The van der Waals surface area contributed by atoms with Gasteiger partial charge in [0.2, 0.25) is 0 Å². The second kappa shape index (κ2) is 4.88. The highest BCUT2D eigenvalue weighted by Gasteiger charge is 2.38. The molecule has 2 bridgehead atoms. The van der Waals surface area contributed by atoms with Crippen molar-refractivity contribution in [1.82, 2.24) is 5.32 Å². The van der Waals surface area contributed by atoms with Crippen LogP contribution in [0.3, 0.4) is 0 Å². The monoisotopic (exact) mass is 249 g/mol. The maximum Gasteiger partial charge on any atom is 0.165 e. The van der Waals surface area contributed by atoms with Gasteiger partial charge in [0.15, 0.2) is 11.6 Å². The molecule has 2 nitrogen and oxygen atoms in total. The minimum absolute atomic E-state index is 0.271. The molecule has 0 aromatic heterocycles. The van der Waals surface area contributed by atoms with Gasteiger partial charge in [-0.2, -0.15) is 0 Å². The minimum atomic E-state index is -0.533. The van der Waals surface area contributed by atoms with Crippen molar-refractivity contribution in [1.29, 1.82) is 0 Å². The Bertz CT molecular complexity index is 435. The third kappa shape index (κ3) is 2.37. The molecule has 2 aliphatic carbocycles. The summed E-state index contributed by atoms with van der Waals surface area (Å²) in [7, 11) is 0. The normalized spacial score (nSPS) is 29.9. The molecule has 0 spiro atoms. The molecule has 2 aliphatic rings. The first-order chi connectivity index (χ1) is 8.72. The number of phenols is 1. The van der Waals surface area contributed by atoms with Crippen molar-refractivity contribution in [3.63, 3.8) is 0 Å². The van der Waals surface area contributed by atoms with Crippen LogP contribution < -0.4 is 5.32 Å². The average molecular weight is 249 g/mol. The summed E-state index contributed by atoms with van der Waals surface area (Å²) in [6.45, 7) is 1.73. The lowest BCUT2D eigenvalue weighted by Gasteiger charge is -2.21. The van der Waals surface area contributed by atoms with Crippen molar-refractivity contribution in [3.8, 4) is 5.75 Å². The Hall–Kier alpha value is -1.09. The predicted octanol–water partition coefficient (Wildman–Crippen LogP) is 3.06. The van der Waals surface area contributed by atoms with Gasteiger partial charge in [0.05, 0.1) is 0 Å². The van der Waals surface area contributed by atoms with Gasteiger partial charge in [0.25, 0.3) is 0 Å². The molecule has 2 N–H and O–H groups in total. The van der Waals surface area contributed by atoms with Crippen molar-refractivity contribution in [2.24, 2.45) is 17.8 Å². The van der Waals surface area contributed by atoms with E-state index in [1.165, 1.54) is 37.8 Å². The molecule has 0 aliphatic heterocycles. The van der Waals surface area contributed by atoms with Crippen LogP contribution in [0, 0.1) is 23.6 Å². The Labute approximate surface area is 107 Å². The van der Waals surface area contributed by atoms with E-state index < -0.39 is 5.82 Å². The van der Waals surface area contributed by atoms with Crippen LogP contribution >= 0.6 is 0 Å². The Kier molecular flexibility index (Phi) is 3.25. The lowest BCUT2D eigenvalue weighted by atomic mass is 9.89. The van der Waals surface area contributed by atoms with Gasteiger partial charge in [-0.05, 0) is 61.3 Å². The summed E-state index contributed by atoms with van der Waals surface area (Å²) >= 11 is 0. The van der Waals surface area contributed by atoms with E-state index >= 15 is 0 Å². The van der Waals surface area contributed by atoms with Gasteiger partial charge in [-0.1, -0.05) is 12.5 Å². The van der Waals surface area contributed by atoms with Crippen LogP contribution in [-0.4, -0.2) is 11.7 Å². The molecule has 18 heavy (non-hydrogen) atoms. The average Bonchev–Trinajstić information content (AvgIpc) is 2.96. The zero-order chi connectivity index (χ0) is 12.5. The number of hydrogen-bond donors (Lipinski definition) is 2. The third-order valence-electron chi connectivity index (χ3n) is 4.63. The van der Waals surface area contributed by atoms with Gasteiger partial charge in [-0.3, -0.25) is 0 Å². The molecule has 3 unspecified atom stereocenters. The Morgan fingerprint density at radius 1 is 1.28 bits per heavy atom. The number of rotatable bonds is 4. The lowest BCUT2D eigenvalue weighted by molar-refractivity contribution is 0.318. The van der Waals surface area contributed by atoms with Crippen LogP contribution in [0.2, 0.25) is 0 Å². The summed E-state index contributed by atoms with van der Waals surface area (Å²) in [5.41, 5.74) is 0.897. The molecule has 2 fully saturated rings. The molecule has 3 atom stereocenters. The second-order valence-electron chi connectivity index (χ2n) is 5.85. The quantitative estimate of drug-likeness (QED) is 0.859. The molecule has 3 rings (SSSR count). The summed E-state index contributed by atoms with van der Waals surface area (Å²) < 4.78 is 13.2. The molecule has 0 amide bonds. The number of fused-ring (bicyclic) bond motifs is 2. The van der Waals surface area contributed by atoms with Crippen molar-refractivity contribution in [3.05, 3.63) is 29.6 Å². The summed E-state index contributed by atoms with van der Waals surface area (Å²) in [6, 6.07) is 4.60.